The van der Waals surface area contributed by atoms with Crippen LogP contribution in [0.25, 0.3) is 22.1 Å². The van der Waals surface area contributed by atoms with Gasteiger partial charge < -0.3 is 4.74 Å². The Kier molecular flexibility index (Phi) is 3.23. The first-order valence-corrected chi connectivity index (χ1v) is 7.04. The molecule has 2 aromatic carbocycles. The molecule has 4 rings (SSSR count). The number of carbonyl (C=O) groups is 1. The van der Waals surface area contributed by atoms with Gasteiger partial charge in [0, 0.05) is 6.07 Å². The number of benzene rings is 2. The first-order valence-electron chi connectivity index (χ1n) is 7.04. The van der Waals surface area contributed by atoms with Crippen molar-refractivity contribution in [2.75, 3.05) is 12.4 Å². The maximum Gasteiger partial charge on any atom is 0.270 e. The molecule has 0 bridgehead atoms. The molecule has 0 saturated carbocycles. The highest BCUT2D eigenvalue weighted by atomic mass is 16.5. The molecule has 0 atom stereocenters. The van der Waals surface area contributed by atoms with Crippen LogP contribution in [0.15, 0.2) is 36.4 Å². The molecule has 9 heteroatoms. The third kappa shape index (κ3) is 2.37. The number of anilines is 1. The van der Waals surface area contributed by atoms with E-state index in [-0.39, 0.29) is 11.9 Å². The Bertz CT molecular complexity index is 1050. The Morgan fingerprint density at radius 2 is 2.04 bits per heavy atom. The van der Waals surface area contributed by atoms with Crippen molar-refractivity contribution in [2.24, 2.45) is 0 Å². The lowest BCUT2D eigenvalue weighted by Gasteiger charge is -2.07. The van der Waals surface area contributed by atoms with E-state index in [4.69, 9.17) is 4.74 Å². The summed E-state index contributed by atoms with van der Waals surface area (Å²) in [6.45, 7) is 0. The van der Waals surface area contributed by atoms with Gasteiger partial charge in [-0.05, 0) is 29.5 Å². The van der Waals surface area contributed by atoms with Crippen LogP contribution in [-0.4, -0.2) is 43.6 Å². The first-order chi connectivity index (χ1) is 11.7. The normalized spacial score (nSPS) is 10.9. The molecule has 0 saturated heterocycles. The summed E-state index contributed by atoms with van der Waals surface area (Å²) < 4.78 is 5.20. The topological polar surface area (TPSA) is 119 Å². The molecular weight excluding hydrogens is 310 g/mol. The van der Waals surface area contributed by atoms with Crippen molar-refractivity contribution < 1.29 is 9.53 Å². The maximum absolute atomic E-state index is 12.4. The van der Waals surface area contributed by atoms with Crippen LogP contribution < -0.4 is 10.1 Å². The van der Waals surface area contributed by atoms with Gasteiger partial charge in [0.15, 0.2) is 0 Å². The monoisotopic (exact) mass is 321 g/mol. The average molecular weight is 321 g/mol. The van der Waals surface area contributed by atoms with Crippen molar-refractivity contribution in [2.45, 2.75) is 0 Å². The van der Waals surface area contributed by atoms with E-state index in [1.54, 1.807) is 43.5 Å². The minimum atomic E-state index is -0.385. The molecule has 0 fully saturated rings. The molecule has 24 heavy (non-hydrogen) atoms. The third-order valence-corrected chi connectivity index (χ3v) is 3.49. The molecule has 0 spiro atoms. The van der Waals surface area contributed by atoms with Crippen LogP contribution >= 0.6 is 0 Å². The van der Waals surface area contributed by atoms with Gasteiger partial charge in [-0.3, -0.25) is 10.1 Å². The molecule has 9 nitrogen and oxygen atoms in total. The van der Waals surface area contributed by atoms with Gasteiger partial charge in [0.1, 0.15) is 11.3 Å². The van der Waals surface area contributed by atoms with Crippen molar-refractivity contribution in [3.05, 3.63) is 42.0 Å². The number of amides is 1. The van der Waals surface area contributed by atoms with Gasteiger partial charge in [-0.1, -0.05) is 11.2 Å². The molecule has 1 amide bonds. The second-order valence-electron chi connectivity index (χ2n) is 4.94. The fourth-order valence-electron chi connectivity index (χ4n) is 2.37. The van der Waals surface area contributed by atoms with Crippen LogP contribution in [0, 0.1) is 0 Å². The molecule has 0 aliphatic heterocycles. The van der Waals surface area contributed by atoms with Gasteiger partial charge in [-0.2, -0.15) is 5.21 Å². The van der Waals surface area contributed by atoms with Crippen LogP contribution in [0.5, 0.6) is 5.75 Å². The van der Waals surface area contributed by atoms with E-state index in [9.17, 15) is 4.79 Å². The third-order valence-electron chi connectivity index (χ3n) is 3.49. The highest BCUT2D eigenvalue weighted by Gasteiger charge is 2.14. The lowest BCUT2D eigenvalue weighted by atomic mass is 10.1. The number of nitrogens with one attached hydrogen (secondary N) is 2. The fourth-order valence-corrected chi connectivity index (χ4v) is 2.37. The summed E-state index contributed by atoms with van der Waals surface area (Å²) in [5.41, 5.74) is 2.84. The molecule has 2 heterocycles. The van der Waals surface area contributed by atoms with Gasteiger partial charge in [0.2, 0.25) is 0 Å². The van der Waals surface area contributed by atoms with Crippen LogP contribution in [0.1, 0.15) is 10.4 Å². The molecule has 118 valence electrons. The van der Waals surface area contributed by atoms with Crippen molar-refractivity contribution in [3.63, 3.8) is 0 Å². The van der Waals surface area contributed by atoms with E-state index in [0.29, 0.717) is 33.4 Å². The van der Waals surface area contributed by atoms with Gasteiger partial charge >= 0.3 is 0 Å². The van der Waals surface area contributed by atoms with Crippen LogP contribution in [0.3, 0.4) is 0 Å². The molecule has 2 aromatic heterocycles. The molecular formula is C15H11N7O2. The van der Waals surface area contributed by atoms with E-state index in [1.165, 1.54) is 0 Å². The number of hydrogen-bond donors (Lipinski definition) is 2. The zero-order valence-corrected chi connectivity index (χ0v) is 12.5. The van der Waals surface area contributed by atoms with E-state index >= 15 is 0 Å². The number of H-pyrrole nitrogens is 1. The number of tetrazole rings is 1. The molecule has 4 aromatic rings. The fraction of sp³-hybridized carbons (Fsp3) is 0.0667. The van der Waals surface area contributed by atoms with Crippen molar-refractivity contribution in [1.29, 1.82) is 0 Å². The summed E-state index contributed by atoms with van der Waals surface area (Å²) in [5, 5.41) is 15.6. The SMILES string of the molecule is COc1ccc2nc3c(C(=O)Nc4nn[nH]n4)cccc3nc2c1. The summed E-state index contributed by atoms with van der Waals surface area (Å²) in [6.07, 6.45) is 0. The average Bonchev–Trinajstić information content (AvgIpc) is 3.11. The zero-order valence-electron chi connectivity index (χ0n) is 12.5. The van der Waals surface area contributed by atoms with Gasteiger partial charge in [0.05, 0.1) is 29.2 Å². The Labute approximate surface area is 135 Å². The Balaban J connectivity index is 1.84. The summed E-state index contributed by atoms with van der Waals surface area (Å²) in [4.78, 5) is 21.6. The lowest BCUT2D eigenvalue weighted by Crippen LogP contribution is -2.14. The van der Waals surface area contributed by atoms with Crippen LogP contribution in [0.4, 0.5) is 5.95 Å². The standard InChI is InChI=1S/C15H11N7O2/c1-24-8-5-6-10-12(7-8)16-11-4-2-3-9(13(11)17-10)14(23)18-15-19-21-22-20-15/h2-7H,1H3,(H2,18,19,20,21,22,23). The Morgan fingerprint density at radius 1 is 1.12 bits per heavy atom. The Morgan fingerprint density at radius 3 is 2.83 bits per heavy atom. The number of rotatable bonds is 3. The smallest absolute Gasteiger partial charge is 0.270 e. The van der Waals surface area contributed by atoms with Crippen LogP contribution in [-0.2, 0) is 0 Å². The van der Waals surface area contributed by atoms with Crippen molar-refractivity contribution >= 4 is 33.9 Å². The summed E-state index contributed by atoms with van der Waals surface area (Å²) >= 11 is 0. The van der Waals surface area contributed by atoms with E-state index in [0.717, 1.165) is 0 Å². The second kappa shape index (κ2) is 5.54. The summed E-state index contributed by atoms with van der Waals surface area (Å²) in [5.74, 6) is 0.404. The number of fused-ring (bicyclic) bond motifs is 2. The minimum absolute atomic E-state index is 0.0930. The minimum Gasteiger partial charge on any atom is -0.497 e. The number of ether oxygens (including phenoxy) is 1. The largest absolute Gasteiger partial charge is 0.497 e. The number of aromatic nitrogens is 6. The van der Waals surface area contributed by atoms with Crippen LogP contribution in [0.2, 0.25) is 0 Å². The number of methoxy groups -OCH3 is 1. The molecule has 0 aliphatic carbocycles. The molecule has 2 N–H and O–H groups in total. The summed E-state index contributed by atoms with van der Waals surface area (Å²) in [6, 6.07) is 10.6. The van der Waals surface area contributed by atoms with Crippen molar-refractivity contribution in [3.8, 4) is 5.75 Å². The number of hydrogen-bond acceptors (Lipinski definition) is 7. The van der Waals surface area contributed by atoms with Gasteiger partial charge in [-0.15, -0.1) is 5.10 Å². The lowest BCUT2D eigenvalue weighted by molar-refractivity contribution is 0.102. The van der Waals surface area contributed by atoms with E-state index < -0.39 is 0 Å². The quantitative estimate of drug-likeness (QED) is 0.549. The Hall–Kier alpha value is -3.62. The maximum atomic E-state index is 12.4. The number of aromatic amines is 1. The van der Waals surface area contributed by atoms with Gasteiger partial charge in [-0.25, -0.2) is 9.97 Å². The van der Waals surface area contributed by atoms with E-state index in [1.807, 2.05) is 0 Å². The zero-order chi connectivity index (χ0) is 16.5. The highest BCUT2D eigenvalue weighted by Crippen LogP contribution is 2.23. The highest BCUT2D eigenvalue weighted by molar-refractivity contribution is 6.11. The second-order valence-corrected chi connectivity index (χ2v) is 4.94. The predicted octanol–water partition coefficient (Wildman–Crippen LogP) is 1.56. The molecule has 0 unspecified atom stereocenters. The number of carbonyl (C=O) groups excluding carboxylic acids is 1. The molecule has 0 radical (unpaired) electrons. The first kappa shape index (κ1) is 14.0. The molecule has 0 aliphatic rings. The predicted molar refractivity (Wildman–Crippen MR) is 85.7 cm³/mol. The van der Waals surface area contributed by atoms with Crippen molar-refractivity contribution in [1.82, 2.24) is 30.6 Å². The number of nitrogens with zero attached hydrogens (tertiary/aromatic N) is 5. The summed E-state index contributed by atoms with van der Waals surface area (Å²) in [7, 11) is 1.59. The van der Waals surface area contributed by atoms with Gasteiger partial charge in [0.25, 0.3) is 11.9 Å². The number of para-hydroxylation sites is 1. The van der Waals surface area contributed by atoms with E-state index in [2.05, 4.69) is 35.9 Å².